The predicted molar refractivity (Wildman–Crippen MR) is 130 cm³/mol. The number of amides is 1. The maximum atomic E-state index is 12.8. The molecule has 0 bridgehead atoms. The van der Waals surface area contributed by atoms with Gasteiger partial charge in [0.2, 0.25) is 0 Å². The van der Waals surface area contributed by atoms with Crippen LogP contribution in [0.3, 0.4) is 0 Å². The summed E-state index contributed by atoms with van der Waals surface area (Å²) in [7, 11) is -0.460. The van der Waals surface area contributed by atoms with Crippen molar-refractivity contribution in [1.82, 2.24) is 9.13 Å². The molecule has 0 saturated heterocycles. The molecule has 33 heavy (non-hydrogen) atoms. The molecule has 3 aromatic carbocycles. The number of aryl methyl sites for hydroxylation is 3. The zero-order valence-electron chi connectivity index (χ0n) is 18.1. The van der Waals surface area contributed by atoms with Crippen LogP contribution in [0.1, 0.15) is 15.9 Å². The molecule has 0 aliphatic carbocycles. The Labute approximate surface area is 195 Å². The molecular formula is C23H21ClN4O4S. The Morgan fingerprint density at radius 3 is 2.18 bits per heavy atom. The Kier molecular flexibility index (Phi) is 5.77. The molecule has 0 aliphatic heterocycles. The molecule has 1 amide bonds. The van der Waals surface area contributed by atoms with Gasteiger partial charge in [0.05, 0.1) is 32.2 Å². The van der Waals surface area contributed by atoms with Gasteiger partial charge in [0.1, 0.15) is 0 Å². The number of carbonyl (C=O) groups excluding carboxylic acids is 1. The van der Waals surface area contributed by atoms with Gasteiger partial charge < -0.3 is 5.32 Å². The number of sulfonamides is 1. The van der Waals surface area contributed by atoms with E-state index < -0.39 is 15.9 Å². The number of aromatic nitrogens is 2. The SMILES string of the molecule is Cc1ccc(S(=O)(=O)Nc2ccc(C(=O)Nc3ccc4c(c3)n(C)c(=O)n4C)c(Cl)c2)cc1. The maximum Gasteiger partial charge on any atom is 0.328 e. The number of hydrogen-bond donors (Lipinski definition) is 2. The minimum atomic E-state index is -3.79. The number of imidazole rings is 1. The van der Waals surface area contributed by atoms with E-state index in [1.807, 2.05) is 6.92 Å². The first kappa shape index (κ1) is 22.6. The summed E-state index contributed by atoms with van der Waals surface area (Å²) >= 11 is 6.29. The van der Waals surface area contributed by atoms with Crippen molar-refractivity contribution in [2.75, 3.05) is 10.0 Å². The average molecular weight is 485 g/mol. The van der Waals surface area contributed by atoms with Crippen LogP contribution in [0.15, 0.2) is 70.4 Å². The molecule has 4 aromatic rings. The molecular weight excluding hydrogens is 464 g/mol. The second kappa shape index (κ2) is 8.42. The van der Waals surface area contributed by atoms with Crippen LogP contribution >= 0.6 is 11.6 Å². The van der Waals surface area contributed by atoms with E-state index in [2.05, 4.69) is 10.0 Å². The predicted octanol–water partition coefficient (Wildman–Crippen LogP) is 3.89. The zero-order valence-corrected chi connectivity index (χ0v) is 19.7. The highest BCUT2D eigenvalue weighted by molar-refractivity contribution is 7.92. The van der Waals surface area contributed by atoms with Crippen molar-refractivity contribution < 1.29 is 13.2 Å². The molecule has 0 unspecified atom stereocenters. The molecule has 0 atom stereocenters. The topological polar surface area (TPSA) is 102 Å². The van der Waals surface area contributed by atoms with E-state index in [-0.39, 0.29) is 26.9 Å². The first-order chi connectivity index (χ1) is 15.6. The second-order valence-electron chi connectivity index (χ2n) is 7.67. The fourth-order valence-corrected chi connectivity index (χ4v) is 4.79. The molecule has 0 fully saturated rings. The van der Waals surface area contributed by atoms with Gasteiger partial charge in [0.25, 0.3) is 15.9 Å². The Balaban J connectivity index is 1.55. The number of fused-ring (bicyclic) bond motifs is 1. The Bertz CT molecular complexity index is 1550. The summed E-state index contributed by atoms with van der Waals surface area (Å²) in [5, 5.41) is 2.85. The van der Waals surface area contributed by atoms with Gasteiger partial charge in [-0.2, -0.15) is 0 Å². The number of carbonyl (C=O) groups is 1. The fourth-order valence-electron chi connectivity index (χ4n) is 3.48. The normalized spacial score (nSPS) is 11.5. The van der Waals surface area contributed by atoms with Crippen LogP contribution in [-0.2, 0) is 24.1 Å². The van der Waals surface area contributed by atoms with Crippen LogP contribution in [0.25, 0.3) is 11.0 Å². The first-order valence-electron chi connectivity index (χ1n) is 9.93. The van der Waals surface area contributed by atoms with Gasteiger partial charge in [-0.1, -0.05) is 29.3 Å². The summed E-state index contributed by atoms with van der Waals surface area (Å²) in [6, 6.07) is 15.9. The van der Waals surface area contributed by atoms with E-state index in [0.29, 0.717) is 11.2 Å². The zero-order chi connectivity index (χ0) is 23.9. The molecule has 1 heterocycles. The third kappa shape index (κ3) is 4.37. The Morgan fingerprint density at radius 1 is 0.879 bits per heavy atom. The van der Waals surface area contributed by atoms with Crippen molar-refractivity contribution in [3.8, 4) is 0 Å². The van der Waals surface area contributed by atoms with Gasteiger partial charge in [-0.25, -0.2) is 13.2 Å². The lowest BCUT2D eigenvalue weighted by Crippen LogP contribution is -2.19. The number of rotatable bonds is 5. The van der Waals surface area contributed by atoms with Crippen molar-refractivity contribution in [2.24, 2.45) is 14.1 Å². The van der Waals surface area contributed by atoms with E-state index in [0.717, 1.165) is 11.1 Å². The van der Waals surface area contributed by atoms with Crippen LogP contribution < -0.4 is 15.7 Å². The summed E-state index contributed by atoms with van der Waals surface area (Å²) in [4.78, 5) is 25.0. The Morgan fingerprint density at radius 2 is 1.52 bits per heavy atom. The lowest BCUT2D eigenvalue weighted by atomic mass is 10.2. The van der Waals surface area contributed by atoms with Crippen molar-refractivity contribution in [3.63, 3.8) is 0 Å². The number of anilines is 2. The van der Waals surface area contributed by atoms with Gasteiger partial charge in [0, 0.05) is 19.8 Å². The third-order valence-corrected chi connectivity index (χ3v) is 7.04. The molecule has 170 valence electrons. The smallest absolute Gasteiger partial charge is 0.322 e. The number of hydrogen-bond acceptors (Lipinski definition) is 4. The summed E-state index contributed by atoms with van der Waals surface area (Å²) in [6.07, 6.45) is 0. The van der Waals surface area contributed by atoms with Crippen molar-refractivity contribution in [2.45, 2.75) is 11.8 Å². The molecule has 0 aliphatic rings. The summed E-state index contributed by atoms with van der Waals surface area (Å²) in [5.41, 5.74) is 3.10. The highest BCUT2D eigenvalue weighted by Crippen LogP contribution is 2.25. The number of halogens is 1. The van der Waals surface area contributed by atoms with Gasteiger partial charge in [-0.05, 0) is 55.5 Å². The van der Waals surface area contributed by atoms with Gasteiger partial charge in [-0.15, -0.1) is 0 Å². The largest absolute Gasteiger partial charge is 0.328 e. The second-order valence-corrected chi connectivity index (χ2v) is 9.76. The quantitative estimate of drug-likeness (QED) is 0.448. The first-order valence-corrected chi connectivity index (χ1v) is 11.8. The fraction of sp³-hybridized carbons (Fsp3) is 0.130. The minimum Gasteiger partial charge on any atom is -0.322 e. The van der Waals surface area contributed by atoms with Gasteiger partial charge >= 0.3 is 5.69 Å². The third-order valence-electron chi connectivity index (χ3n) is 5.33. The van der Waals surface area contributed by atoms with E-state index >= 15 is 0 Å². The number of nitrogens with zero attached hydrogens (tertiary/aromatic N) is 2. The van der Waals surface area contributed by atoms with E-state index in [1.54, 1.807) is 44.4 Å². The summed E-state index contributed by atoms with van der Waals surface area (Å²) in [5.74, 6) is -0.465. The molecule has 8 nitrogen and oxygen atoms in total. The molecule has 1 aromatic heterocycles. The summed E-state index contributed by atoms with van der Waals surface area (Å²) < 4.78 is 30.7. The standard InChI is InChI=1S/C23H21ClN4O4S/c1-14-4-8-17(9-5-14)33(31,32)26-16-6-10-18(19(24)12-16)22(29)25-15-7-11-20-21(13-15)28(3)23(30)27(20)2/h4-13,26H,1-3H3,(H,25,29). The van der Waals surface area contributed by atoms with Gasteiger partial charge in [-0.3, -0.25) is 18.7 Å². The highest BCUT2D eigenvalue weighted by atomic mass is 35.5. The van der Waals surface area contributed by atoms with Crippen LogP contribution in [-0.4, -0.2) is 23.5 Å². The molecule has 2 N–H and O–H groups in total. The summed E-state index contributed by atoms with van der Waals surface area (Å²) in [6.45, 7) is 1.87. The minimum absolute atomic E-state index is 0.0878. The lowest BCUT2D eigenvalue weighted by molar-refractivity contribution is 0.102. The van der Waals surface area contributed by atoms with E-state index in [1.165, 1.54) is 39.5 Å². The van der Waals surface area contributed by atoms with Crippen molar-refractivity contribution in [1.29, 1.82) is 0 Å². The Hall–Kier alpha value is -3.56. The highest BCUT2D eigenvalue weighted by Gasteiger charge is 2.17. The number of nitrogens with one attached hydrogen (secondary N) is 2. The van der Waals surface area contributed by atoms with Crippen LogP contribution in [0.5, 0.6) is 0 Å². The lowest BCUT2D eigenvalue weighted by Gasteiger charge is -2.11. The molecule has 0 saturated carbocycles. The maximum absolute atomic E-state index is 12.8. The van der Waals surface area contributed by atoms with E-state index in [4.69, 9.17) is 11.6 Å². The average Bonchev–Trinajstić information content (AvgIpc) is 2.97. The molecule has 4 rings (SSSR count). The van der Waals surface area contributed by atoms with Crippen molar-refractivity contribution in [3.05, 3.63) is 87.3 Å². The van der Waals surface area contributed by atoms with Crippen molar-refractivity contribution >= 4 is 49.9 Å². The molecule has 0 radical (unpaired) electrons. The van der Waals surface area contributed by atoms with Crippen LogP contribution in [0.4, 0.5) is 11.4 Å². The molecule has 10 heteroatoms. The van der Waals surface area contributed by atoms with E-state index in [9.17, 15) is 18.0 Å². The molecule has 0 spiro atoms. The van der Waals surface area contributed by atoms with Crippen LogP contribution in [0, 0.1) is 6.92 Å². The number of benzene rings is 3. The van der Waals surface area contributed by atoms with Gasteiger partial charge in [0.15, 0.2) is 0 Å². The van der Waals surface area contributed by atoms with Crippen LogP contribution in [0.2, 0.25) is 5.02 Å². The monoisotopic (exact) mass is 484 g/mol.